The Bertz CT molecular complexity index is 892. The van der Waals surface area contributed by atoms with Gasteiger partial charge in [0.1, 0.15) is 13.7 Å². The summed E-state index contributed by atoms with van der Waals surface area (Å²) < 4.78 is 1.14. The molecule has 2 amide bonds. The van der Waals surface area contributed by atoms with Crippen molar-refractivity contribution < 1.29 is 9.59 Å². The average Bonchev–Trinajstić information content (AvgIpc) is 2.58. The number of anilines is 1. The molecule has 0 spiro atoms. The third-order valence-electron chi connectivity index (χ3n) is 4.10. The average molecular weight is 310 g/mol. The van der Waals surface area contributed by atoms with E-state index in [9.17, 15) is 14.4 Å². The maximum absolute atomic E-state index is 12.9. The summed E-state index contributed by atoms with van der Waals surface area (Å²) in [5.41, 5.74) is 4.44. The minimum Gasteiger partial charge on any atom is -0.398 e. The molecule has 7 nitrogen and oxygen atoms in total. The van der Waals surface area contributed by atoms with E-state index in [-0.39, 0.29) is 23.9 Å². The molecule has 0 aliphatic carbocycles. The number of aryl methyl sites for hydroxylation is 1. The van der Waals surface area contributed by atoms with Gasteiger partial charge in [-0.1, -0.05) is 6.07 Å². The first-order valence-corrected chi connectivity index (χ1v) is 7.26. The summed E-state index contributed by atoms with van der Waals surface area (Å²) in [7, 11) is 6.25. The zero-order valence-electron chi connectivity index (χ0n) is 12.6. The van der Waals surface area contributed by atoms with Crippen molar-refractivity contribution in [2.45, 2.75) is 31.6 Å². The van der Waals surface area contributed by atoms with Crippen LogP contribution in [0.15, 0.2) is 23.0 Å². The fraction of sp³-hybridized carbons (Fsp3) is 0.333. The van der Waals surface area contributed by atoms with Gasteiger partial charge in [0.05, 0.1) is 16.3 Å². The third kappa shape index (κ3) is 2.30. The number of nitrogens with one attached hydrogen (secondary N) is 1. The first-order valence-electron chi connectivity index (χ1n) is 7.26. The van der Waals surface area contributed by atoms with Crippen molar-refractivity contribution in [1.29, 1.82) is 0 Å². The number of hydrogen-bond acceptors (Lipinski definition) is 5. The van der Waals surface area contributed by atoms with Crippen LogP contribution in [0.5, 0.6) is 0 Å². The molecule has 1 saturated heterocycles. The Hall–Kier alpha value is -2.64. The zero-order valence-corrected chi connectivity index (χ0v) is 12.6. The van der Waals surface area contributed by atoms with Gasteiger partial charge in [0.25, 0.3) is 5.56 Å². The predicted molar refractivity (Wildman–Crippen MR) is 85.9 cm³/mol. The topological polar surface area (TPSA) is 107 Å². The fourth-order valence-corrected chi connectivity index (χ4v) is 2.98. The van der Waals surface area contributed by atoms with Gasteiger partial charge >= 0.3 is 0 Å². The predicted octanol–water partition coefficient (Wildman–Crippen LogP) is -0.0649. The minimum absolute atomic E-state index is 0.158. The summed E-state index contributed by atoms with van der Waals surface area (Å²) in [6, 6.07) is 4.96. The summed E-state index contributed by atoms with van der Waals surface area (Å²) in [6.45, 7) is 1.60. The molecule has 3 rings (SSSR count). The second-order valence-corrected chi connectivity index (χ2v) is 5.70. The molecule has 116 valence electrons. The summed E-state index contributed by atoms with van der Waals surface area (Å²) in [4.78, 5) is 41.2. The van der Waals surface area contributed by atoms with E-state index in [1.807, 2.05) is 0 Å². The van der Waals surface area contributed by atoms with E-state index in [1.54, 1.807) is 25.1 Å². The van der Waals surface area contributed by atoms with E-state index in [0.29, 0.717) is 17.8 Å². The Balaban J connectivity index is 2.31. The number of benzene rings is 1. The highest BCUT2D eigenvalue weighted by molar-refractivity contribution is 6.28. The number of nitrogens with zero attached hydrogens (tertiary/aromatic N) is 2. The van der Waals surface area contributed by atoms with E-state index >= 15 is 0 Å². The third-order valence-corrected chi connectivity index (χ3v) is 4.10. The Morgan fingerprint density at radius 2 is 2.09 bits per heavy atom. The highest BCUT2D eigenvalue weighted by Crippen LogP contribution is 2.25. The van der Waals surface area contributed by atoms with Crippen molar-refractivity contribution in [2.75, 3.05) is 5.73 Å². The monoisotopic (exact) mass is 310 g/mol. The summed E-state index contributed by atoms with van der Waals surface area (Å²) >= 11 is 0. The smallest absolute Gasteiger partial charge is 0.263 e. The van der Waals surface area contributed by atoms with Gasteiger partial charge < -0.3 is 5.73 Å². The minimum atomic E-state index is -1.67. The Morgan fingerprint density at radius 1 is 1.35 bits per heavy atom. The maximum Gasteiger partial charge on any atom is 0.263 e. The second kappa shape index (κ2) is 5.22. The Labute approximate surface area is 133 Å². The lowest BCUT2D eigenvalue weighted by molar-refractivity contribution is -0.132. The summed E-state index contributed by atoms with van der Waals surface area (Å²) in [5.74, 6) is -0.817. The molecule has 3 N–H and O–H groups in total. The number of carbonyl (C=O) groups is 2. The van der Waals surface area contributed by atoms with Crippen LogP contribution in [0.4, 0.5) is 5.69 Å². The quantitative estimate of drug-likeness (QED) is 0.436. The number of fused-ring (bicyclic) bond motifs is 1. The molecular weight excluding hydrogens is 295 g/mol. The zero-order chi connectivity index (χ0) is 16.8. The highest BCUT2D eigenvalue weighted by atomic mass is 16.2. The number of carbonyl (C=O) groups excluding carboxylic acids is 2. The number of rotatable bonds is 1. The van der Waals surface area contributed by atoms with E-state index in [4.69, 9.17) is 13.6 Å². The second-order valence-electron chi connectivity index (χ2n) is 5.70. The first-order chi connectivity index (χ1) is 10.8. The molecule has 0 saturated carbocycles. The van der Waals surface area contributed by atoms with Gasteiger partial charge in [-0.15, -0.1) is 0 Å². The lowest BCUT2D eigenvalue weighted by Gasteiger charge is -2.31. The van der Waals surface area contributed by atoms with Crippen molar-refractivity contribution >= 4 is 36.3 Å². The van der Waals surface area contributed by atoms with Crippen LogP contribution in [0.1, 0.15) is 25.1 Å². The van der Waals surface area contributed by atoms with Gasteiger partial charge in [-0.05, 0) is 31.9 Å². The first kappa shape index (κ1) is 15.3. The van der Waals surface area contributed by atoms with Crippen molar-refractivity contribution in [3.63, 3.8) is 0 Å². The lowest BCUT2D eigenvalue weighted by Crippen LogP contribution is -2.54. The number of nitrogen functional groups attached to an aromatic ring is 1. The van der Waals surface area contributed by atoms with Gasteiger partial charge in [-0.25, -0.2) is 4.98 Å². The number of imide groups is 1. The van der Waals surface area contributed by atoms with Gasteiger partial charge in [-0.2, -0.15) is 0 Å². The number of nitrogens with two attached hydrogens (primary N) is 1. The largest absolute Gasteiger partial charge is 0.398 e. The van der Waals surface area contributed by atoms with Crippen LogP contribution in [0, 0.1) is 6.92 Å². The summed E-state index contributed by atoms with van der Waals surface area (Å²) in [6.07, 6.45) is 0.731. The van der Waals surface area contributed by atoms with Gasteiger partial charge in [0.15, 0.2) is 0 Å². The molecule has 0 bridgehead atoms. The van der Waals surface area contributed by atoms with Crippen LogP contribution in [-0.4, -0.2) is 29.2 Å². The van der Waals surface area contributed by atoms with Crippen LogP contribution in [-0.2, 0) is 15.0 Å². The van der Waals surface area contributed by atoms with Crippen molar-refractivity contribution in [1.82, 2.24) is 14.9 Å². The van der Waals surface area contributed by atoms with Crippen LogP contribution in [0.3, 0.4) is 0 Å². The van der Waals surface area contributed by atoms with Crippen LogP contribution in [0.2, 0.25) is 0 Å². The standard InChI is InChI=1S/C15H15BN4O3/c1-8-18-10-5-2-4-9(17)12(10)13(22)20(8)15(16)7-3-6-11(21)19-14(15)23/h2,4-5H,3,6-7,17H2,1H3,(H,19,21,23). The molecule has 1 aromatic carbocycles. The molecule has 2 heterocycles. The van der Waals surface area contributed by atoms with E-state index < -0.39 is 22.8 Å². The maximum atomic E-state index is 12.9. The van der Waals surface area contributed by atoms with Gasteiger partial charge in [-0.3, -0.25) is 24.3 Å². The number of amides is 2. The Kier molecular flexibility index (Phi) is 3.47. The molecule has 1 atom stereocenters. The molecular formula is C15H15BN4O3. The molecule has 2 aromatic rings. The van der Waals surface area contributed by atoms with E-state index in [1.165, 1.54) is 0 Å². The molecule has 1 aliphatic rings. The highest BCUT2D eigenvalue weighted by Gasteiger charge is 2.39. The molecule has 2 radical (unpaired) electrons. The SMILES string of the molecule is [B]C1(n2c(C)nc3cccc(N)c3c2=O)CCCC(=O)NC1=O. The van der Waals surface area contributed by atoms with Gasteiger partial charge in [0.2, 0.25) is 11.8 Å². The van der Waals surface area contributed by atoms with Crippen LogP contribution < -0.4 is 16.6 Å². The normalized spacial score (nSPS) is 22.0. The van der Waals surface area contributed by atoms with Crippen LogP contribution >= 0.6 is 0 Å². The van der Waals surface area contributed by atoms with Crippen LogP contribution in [0.25, 0.3) is 10.9 Å². The number of aromatic nitrogens is 2. The number of hydrogen-bond donors (Lipinski definition) is 2. The Morgan fingerprint density at radius 3 is 2.83 bits per heavy atom. The molecule has 1 unspecified atom stereocenters. The molecule has 1 fully saturated rings. The molecule has 23 heavy (non-hydrogen) atoms. The van der Waals surface area contributed by atoms with Crippen molar-refractivity contribution in [3.05, 3.63) is 34.4 Å². The molecule has 1 aromatic heterocycles. The van der Waals surface area contributed by atoms with Crippen molar-refractivity contribution in [2.24, 2.45) is 0 Å². The van der Waals surface area contributed by atoms with Gasteiger partial charge in [0, 0.05) is 12.1 Å². The molecule has 8 heteroatoms. The van der Waals surface area contributed by atoms with Crippen molar-refractivity contribution in [3.8, 4) is 0 Å². The fourth-order valence-electron chi connectivity index (χ4n) is 2.98. The molecule has 1 aliphatic heterocycles. The van der Waals surface area contributed by atoms with E-state index in [2.05, 4.69) is 10.3 Å². The van der Waals surface area contributed by atoms with E-state index in [0.717, 1.165) is 4.57 Å². The summed E-state index contributed by atoms with van der Waals surface area (Å²) in [5, 5.41) is 2.44. The lowest BCUT2D eigenvalue weighted by atomic mass is 9.73.